The van der Waals surface area contributed by atoms with E-state index in [0.717, 1.165) is 45.6 Å². The zero-order valence-electron chi connectivity index (χ0n) is 14.2. The van der Waals surface area contributed by atoms with E-state index < -0.39 is 0 Å². The molecular formula is C19H27N3OS. The Hall–Kier alpha value is -1.27. The smallest absolute Gasteiger partial charge is 0.107 e. The summed E-state index contributed by atoms with van der Waals surface area (Å²) >= 11 is 1.73. The summed E-state index contributed by atoms with van der Waals surface area (Å²) in [6.07, 6.45) is 5.05. The summed E-state index contributed by atoms with van der Waals surface area (Å²) in [5.74, 6) is 0. The molecule has 4 nitrogen and oxygen atoms in total. The molecule has 1 atom stereocenters. The minimum atomic E-state index is 0.269. The molecule has 0 bridgehead atoms. The second-order valence-corrected chi connectivity index (χ2v) is 7.43. The molecule has 0 saturated carbocycles. The first-order valence-electron chi connectivity index (χ1n) is 8.84. The Kier molecular flexibility index (Phi) is 6.78. The highest BCUT2D eigenvalue weighted by Gasteiger charge is 2.26. The molecule has 2 heterocycles. The zero-order chi connectivity index (χ0) is 16.6. The summed E-state index contributed by atoms with van der Waals surface area (Å²) < 4.78 is 0. The van der Waals surface area contributed by atoms with Crippen LogP contribution in [0.4, 0.5) is 0 Å². The Bertz CT molecular complexity index is 576. The number of aliphatic hydroxyl groups excluding tert-OH is 1. The van der Waals surface area contributed by atoms with E-state index in [1.807, 2.05) is 11.6 Å². The summed E-state index contributed by atoms with van der Waals surface area (Å²) in [6, 6.07) is 11.2. The van der Waals surface area contributed by atoms with Gasteiger partial charge in [0.2, 0.25) is 0 Å². The summed E-state index contributed by atoms with van der Waals surface area (Å²) in [5, 5.41) is 12.7. The van der Waals surface area contributed by atoms with Crippen molar-refractivity contribution >= 4 is 11.3 Å². The molecule has 1 N–H and O–H groups in total. The monoisotopic (exact) mass is 345 g/mol. The van der Waals surface area contributed by atoms with Crippen molar-refractivity contribution in [3.8, 4) is 0 Å². The van der Waals surface area contributed by atoms with E-state index in [9.17, 15) is 5.11 Å². The first kappa shape index (κ1) is 17.5. The number of aryl methyl sites for hydroxylation is 1. The van der Waals surface area contributed by atoms with Gasteiger partial charge >= 0.3 is 0 Å². The Morgan fingerprint density at radius 1 is 1.21 bits per heavy atom. The van der Waals surface area contributed by atoms with Crippen LogP contribution < -0.4 is 0 Å². The molecule has 2 aromatic rings. The molecular weight excluding hydrogens is 318 g/mol. The van der Waals surface area contributed by atoms with Gasteiger partial charge in [0.15, 0.2) is 0 Å². The van der Waals surface area contributed by atoms with Gasteiger partial charge in [-0.25, -0.2) is 4.98 Å². The molecule has 1 aromatic carbocycles. The molecule has 0 unspecified atom stereocenters. The molecule has 0 spiro atoms. The van der Waals surface area contributed by atoms with E-state index >= 15 is 0 Å². The SMILES string of the molecule is OCC[C@H]1CN(Cc2nccs2)CCN1CCCc1ccccc1. The number of hydrogen-bond acceptors (Lipinski definition) is 5. The predicted octanol–water partition coefficient (Wildman–Crippen LogP) is 2.64. The maximum atomic E-state index is 9.43. The fraction of sp³-hybridized carbons (Fsp3) is 0.526. The van der Waals surface area contributed by atoms with Gasteiger partial charge in [0.25, 0.3) is 0 Å². The fourth-order valence-corrected chi connectivity index (χ4v) is 4.13. The van der Waals surface area contributed by atoms with Crippen molar-refractivity contribution in [2.75, 3.05) is 32.8 Å². The number of benzene rings is 1. The molecule has 3 rings (SSSR count). The Labute approximate surface area is 148 Å². The first-order chi connectivity index (χ1) is 11.8. The van der Waals surface area contributed by atoms with Crippen molar-refractivity contribution in [2.45, 2.75) is 31.8 Å². The normalized spacial score (nSPS) is 19.6. The number of hydrogen-bond donors (Lipinski definition) is 1. The summed E-state index contributed by atoms with van der Waals surface area (Å²) in [5.41, 5.74) is 1.42. The predicted molar refractivity (Wildman–Crippen MR) is 99.2 cm³/mol. The summed E-state index contributed by atoms with van der Waals surface area (Å²) in [7, 11) is 0. The Morgan fingerprint density at radius 3 is 2.83 bits per heavy atom. The quantitative estimate of drug-likeness (QED) is 0.798. The van der Waals surface area contributed by atoms with Crippen LogP contribution in [0.5, 0.6) is 0 Å². The van der Waals surface area contributed by atoms with Gasteiger partial charge in [0.05, 0.1) is 6.54 Å². The van der Waals surface area contributed by atoms with Crippen LogP contribution in [-0.2, 0) is 13.0 Å². The van der Waals surface area contributed by atoms with Crippen molar-refractivity contribution in [3.63, 3.8) is 0 Å². The molecule has 1 fully saturated rings. The number of aliphatic hydroxyl groups is 1. The molecule has 0 amide bonds. The third-order valence-electron chi connectivity index (χ3n) is 4.75. The van der Waals surface area contributed by atoms with Crippen LogP contribution in [-0.4, -0.2) is 58.7 Å². The lowest BCUT2D eigenvalue weighted by Gasteiger charge is -2.41. The topological polar surface area (TPSA) is 39.6 Å². The maximum Gasteiger partial charge on any atom is 0.107 e. The number of piperazine rings is 1. The minimum absolute atomic E-state index is 0.269. The van der Waals surface area contributed by atoms with E-state index in [0.29, 0.717) is 6.04 Å². The van der Waals surface area contributed by atoms with E-state index in [1.165, 1.54) is 17.0 Å². The molecule has 1 saturated heterocycles. The molecule has 0 aliphatic carbocycles. The van der Waals surface area contributed by atoms with Crippen LogP contribution in [0.15, 0.2) is 41.9 Å². The van der Waals surface area contributed by atoms with Gasteiger partial charge in [0.1, 0.15) is 5.01 Å². The van der Waals surface area contributed by atoms with Crippen LogP contribution in [0.3, 0.4) is 0 Å². The maximum absolute atomic E-state index is 9.43. The van der Waals surface area contributed by atoms with Gasteiger partial charge in [-0.15, -0.1) is 11.3 Å². The molecule has 24 heavy (non-hydrogen) atoms. The van der Waals surface area contributed by atoms with Crippen molar-refractivity contribution in [1.82, 2.24) is 14.8 Å². The lowest BCUT2D eigenvalue weighted by atomic mass is 10.1. The third-order valence-corrected chi connectivity index (χ3v) is 5.51. The standard InChI is InChI=1S/C19H27N3OS/c23-13-8-18-15-21(16-19-20-9-14-24-19)11-12-22(18)10-4-7-17-5-2-1-3-6-17/h1-3,5-6,9,14,18,23H,4,7-8,10-13,15-16H2/t18-/m0/s1. The van der Waals surface area contributed by atoms with Crippen molar-refractivity contribution in [3.05, 3.63) is 52.5 Å². The second kappa shape index (κ2) is 9.28. The molecule has 130 valence electrons. The number of thiazole rings is 1. The van der Waals surface area contributed by atoms with E-state index in [1.54, 1.807) is 11.3 Å². The summed E-state index contributed by atoms with van der Waals surface area (Å²) in [6.45, 7) is 5.54. The molecule has 1 aliphatic rings. The highest BCUT2D eigenvalue weighted by atomic mass is 32.1. The number of rotatable bonds is 8. The average Bonchev–Trinajstić information content (AvgIpc) is 3.11. The second-order valence-electron chi connectivity index (χ2n) is 6.45. The van der Waals surface area contributed by atoms with E-state index in [2.05, 4.69) is 45.1 Å². The average molecular weight is 346 g/mol. The van der Waals surface area contributed by atoms with Crippen molar-refractivity contribution < 1.29 is 5.11 Å². The lowest BCUT2D eigenvalue weighted by molar-refractivity contribution is 0.0546. The van der Waals surface area contributed by atoms with Gasteiger partial charge in [-0.3, -0.25) is 9.80 Å². The van der Waals surface area contributed by atoms with E-state index in [-0.39, 0.29) is 6.61 Å². The van der Waals surface area contributed by atoms with Crippen LogP contribution in [0, 0.1) is 0 Å². The summed E-state index contributed by atoms with van der Waals surface area (Å²) in [4.78, 5) is 9.44. The Balaban J connectivity index is 1.48. The molecule has 1 aliphatic heterocycles. The highest BCUT2D eigenvalue weighted by molar-refractivity contribution is 7.09. The van der Waals surface area contributed by atoms with Crippen molar-refractivity contribution in [1.29, 1.82) is 0 Å². The van der Waals surface area contributed by atoms with Gasteiger partial charge in [-0.2, -0.15) is 0 Å². The van der Waals surface area contributed by atoms with Crippen LogP contribution >= 0.6 is 11.3 Å². The van der Waals surface area contributed by atoms with Gasteiger partial charge in [0, 0.05) is 43.9 Å². The molecule has 1 aromatic heterocycles. The van der Waals surface area contributed by atoms with Crippen molar-refractivity contribution in [2.24, 2.45) is 0 Å². The van der Waals surface area contributed by atoms with Crippen LogP contribution in [0.2, 0.25) is 0 Å². The van der Waals surface area contributed by atoms with Gasteiger partial charge in [-0.1, -0.05) is 30.3 Å². The zero-order valence-corrected chi connectivity index (χ0v) is 15.0. The third kappa shape index (κ3) is 5.11. The van der Waals surface area contributed by atoms with E-state index in [4.69, 9.17) is 0 Å². The Morgan fingerprint density at radius 2 is 2.08 bits per heavy atom. The van der Waals surface area contributed by atoms with Crippen LogP contribution in [0.1, 0.15) is 23.4 Å². The largest absolute Gasteiger partial charge is 0.396 e. The van der Waals surface area contributed by atoms with Crippen LogP contribution in [0.25, 0.3) is 0 Å². The minimum Gasteiger partial charge on any atom is -0.396 e. The lowest BCUT2D eigenvalue weighted by Crippen LogP contribution is -2.53. The molecule has 0 radical (unpaired) electrons. The number of nitrogens with zero attached hydrogens (tertiary/aromatic N) is 3. The number of aromatic nitrogens is 1. The fourth-order valence-electron chi connectivity index (χ4n) is 3.47. The molecule has 5 heteroatoms. The highest BCUT2D eigenvalue weighted by Crippen LogP contribution is 2.17. The first-order valence-corrected chi connectivity index (χ1v) is 9.72. The van der Waals surface area contributed by atoms with Gasteiger partial charge < -0.3 is 5.11 Å². The van der Waals surface area contributed by atoms with Gasteiger partial charge in [-0.05, 0) is 31.4 Å².